The van der Waals surface area contributed by atoms with Crippen LogP contribution >= 0.6 is 11.6 Å². The van der Waals surface area contributed by atoms with E-state index in [9.17, 15) is 9.59 Å². The Hall–Kier alpha value is -2.91. The number of esters is 1. The zero-order chi connectivity index (χ0) is 19.4. The predicted molar refractivity (Wildman–Crippen MR) is 106 cm³/mol. The minimum Gasteiger partial charge on any atom is -0.445 e. The molecule has 0 radical (unpaired) electrons. The Labute approximate surface area is 163 Å². The van der Waals surface area contributed by atoms with E-state index in [2.05, 4.69) is 0 Å². The summed E-state index contributed by atoms with van der Waals surface area (Å²) >= 11 is 6.10. The summed E-state index contributed by atoms with van der Waals surface area (Å²) in [7, 11) is 0. The van der Waals surface area contributed by atoms with Gasteiger partial charge in [-0.2, -0.15) is 0 Å². The third-order valence-corrected chi connectivity index (χ3v) is 4.60. The normalized spacial score (nSPS) is 11.7. The van der Waals surface area contributed by atoms with Crippen LogP contribution in [0.4, 0.5) is 0 Å². The second-order valence-electron chi connectivity index (χ2n) is 6.41. The molecule has 0 N–H and O–H groups in total. The van der Waals surface area contributed by atoms with Crippen molar-refractivity contribution >= 4 is 23.4 Å². The first kappa shape index (κ1) is 18.9. The van der Waals surface area contributed by atoms with Crippen molar-refractivity contribution in [3.63, 3.8) is 0 Å². The predicted octanol–water partition coefficient (Wildman–Crippen LogP) is 5.74. The molecule has 0 aliphatic heterocycles. The van der Waals surface area contributed by atoms with Gasteiger partial charge in [-0.25, -0.2) is 4.79 Å². The molecular formula is C23H19ClO3. The van der Waals surface area contributed by atoms with Crippen molar-refractivity contribution in [2.75, 3.05) is 0 Å². The summed E-state index contributed by atoms with van der Waals surface area (Å²) in [5.41, 5.74) is 3.43. The van der Waals surface area contributed by atoms with Crippen LogP contribution in [0, 0.1) is 13.8 Å². The number of carbonyl (C=O) groups excluding carboxylic acids is 2. The van der Waals surface area contributed by atoms with Gasteiger partial charge in [0.2, 0.25) is 5.78 Å². The first-order valence-electron chi connectivity index (χ1n) is 8.58. The Morgan fingerprint density at radius 1 is 0.815 bits per heavy atom. The molecule has 3 aromatic rings. The van der Waals surface area contributed by atoms with Gasteiger partial charge in [-0.1, -0.05) is 83.4 Å². The summed E-state index contributed by atoms with van der Waals surface area (Å²) in [4.78, 5) is 25.7. The van der Waals surface area contributed by atoms with Gasteiger partial charge in [0.15, 0.2) is 6.10 Å². The Bertz CT molecular complexity index is 960. The summed E-state index contributed by atoms with van der Waals surface area (Å²) in [5, 5.41) is 0.285. The van der Waals surface area contributed by atoms with Crippen molar-refractivity contribution in [3.8, 4) is 0 Å². The molecule has 4 heteroatoms. The van der Waals surface area contributed by atoms with Gasteiger partial charge in [0.1, 0.15) is 0 Å². The molecule has 0 heterocycles. The molecule has 0 bridgehead atoms. The highest BCUT2D eigenvalue weighted by Gasteiger charge is 2.27. The molecule has 0 saturated carbocycles. The first-order valence-corrected chi connectivity index (χ1v) is 8.96. The molecule has 0 unspecified atom stereocenters. The SMILES string of the molecule is Cc1ccc(C(=O)[C@@H](OC(=O)c2ccccc2Cl)c2ccc(C)cc2)cc1. The van der Waals surface area contributed by atoms with Crippen molar-refractivity contribution in [1.29, 1.82) is 0 Å². The Kier molecular flexibility index (Phi) is 5.72. The number of halogens is 1. The fourth-order valence-electron chi connectivity index (χ4n) is 2.68. The van der Waals surface area contributed by atoms with E-state index in [1.54, 1.807) is 48.5 Å². The molecule has 0 aliphatic carbocycles. The molecule has 0 saturated heterocycles. The van der Waals surface area contributed by atoms with Crippen LogP contribution in [-0.2, 0) is 4.74 Å². The van der Waals surface area contributed by atoms with Crippen LogP contribution in [0.1, 0.15) is 43.5 Å². The van der Waals surface area contributed by atoms with Gasteiger partial charge in [-0.05, 0) is 26.0 Å². The zero-order valence-corrected chi connectivity index (χ0v) is 15.9. The maximum Gasteiger partial charge on any atom is 0.340 e. The maximum absolute atomic E-state index is 13.1. The molecule has 1 atom stereocenters. The molecule has 0 fully saturated rings. The summed E-state index contributed by atoms with van der Waals surface area (Å²) in [6.07, 6.45) is -1.04. The first-order chi connectivity index (χ1) is 13.0. The average Bonchev–Trinajstić information content (AvgIpc) is 2.67. The van der Waals surface area contributed by atoms with Gasteiger partial charge in [0.25, 0.3) is 0 Å². The minimum atomic E-state index is -1.04. The van der Waals surface area contributed by atoms with Crippen LogP contribution in [0.2, 0.25) is 5.02 Å². The number of carbonyl (C=O) groups is 2. The summed E-state index contributed by atoms with van der Waals surface area (Å²) < 4.78 is 5.62. The van der Waals surface area contributed by atoms with Crippen molar-refractivity contribution in [2.24, 2.45) is 0 Å². The van der Waals surface area contributed by atoms with Gasteiger partial charge in [0.05, 0.1) is 10.6 Å². The second kappa shape index (κ2) is 8.19. The topological polar surface area (TPSA) is 43.4 Å². The third-order valence-electron chi connectivity index (χ3n) is 4.27. The highest BCUT2D eigenvalue weighted by Crippen LogP contribution is 2.26. The standard InChI is InChI=1S/C23H19ClO3/c1-15-7-11-17(12-8-15)21(25)22(18-13-9-16(2)10-14-18)27-23(26)19-5-3-4-6-20(19)24/h3-14,22H,1-2H3/t22-/m0/s1. The van der Waals surface area contributed by atoms with E-state index < -0.39 is 12.1 Å². The van der Waals surface area contributed by atoms with Gasteiger partial charge >= 0.3 is 5.97 Å². The average molecular weight is 379 g/mol. The van der Waals surface area contributed by atoms with Crippen LogP contribution in [0.3, 0.4) is 0 Å². The lowest BCUT2D eigenvalue weighted by atomic mass is 9.98. The number of hydrogen-bond donors (Lipinski definition) is 0. The van der Waals surface area contributed by atoms with E-state index in [-0.39, 0.29) is 16.4 Å². The summed E-state index contributed by atoms with van der Waals surface area (Å²) in [5.74, 6) is -0.911. The molecule has 3 aromatic carbocycles. The smallest absolute Gasteiger partial charge is 0.340 e. The Morgan fingerprint density at radius 2 is 1.37 bits per heavy atom. The molecular weight excluding hydrogens is 360 g/mol. The molecule has 3 rings (SSSR count). The lowest BCUT2D eigenvalue weighted by Gasteiger charge is -2.18. The second-order valence-corrected chi connectivity index (χ2v) is 6.81. The molecule has 0 spiro atoms. The fraction of sp³-hybridized carbons (Fsp3) is 0.130. The fourth-order valence-corrected chi connectivity index (χ4v) is 2.89. The van der Waals surface area contributed by atoms with E-state index in [1.807, 2.05) is 38.1 Å². The number of aryl methyl sites for hydroxylation is 2. The Balaban J connectivity index is 1.96. The van der Waals surface area contributed by atoms with Crippen molar-refractivity contribution in [2.45, 2.75) is 20.0 Å². The third kappa shape index (κ3) is 4.44. The van der Waals surface area contributed by atoms with Crippen molar-refractivity contribution in [3.05, 3.63) is 106 Å². The number of hydrogen-bond acceptors (Lipinski definition) is 3. The number of Topliss-reactive ketones (excluding diaryl/α,β-unsaturated/α-hetero) is 1. The Morgan fingerprint density at radius 3 is 1.96 bits per heavy atom. The number of ether oxygens (including phenoxy) is 1. The highest BCUT2D eigenvalue weighted by molar-refractivity contribution is 6.33. The molecule has 3 nitrogen and oxygen atoms in total. The highest BCUT2D eigenvalue weighted by atomic mass is 35.5. The van der Waals surface area contributed by atoms with E-state index in [0.29, 0.717) is 11.1 Å². The number of ketones is 1. The quantitative estimate of drug-likeness (QED) is 0.420. The lowest BCUT2D eigenvalue weighted by molar-refractivity contribution is 0.0280. The molecule has 0 aliphatic rings. The van der Waals surface area contributed by atoms with Crippen molar-refractivity contribution < 1.29 is 14.3 Å². The van der Waals surface area contributed by atoms with Crippen LogP contribution in [0.5, 0.6) is 0 Å². The molecule has 27 heavy (non-hydrogen) atoms. The van der Waals surface area contributed by atoms with Gasteiger partial charge < -0.3 is 4.74 Å². The van der Waals surface area contributed by atoms with E-state index in [0.717, 1.165) is 11.1 Å². The van der Waals surface area contributed by atoms with Gasteiger partial charge in [0, 0.05) is 11.1 Å². The van der Waals surface area contributed by atoms with Crippen LogP contribution in [-0.4, -0.2) is 11.8 Å². The van der Waals surface area contributed by atoms with Gasteiger partial charge in [-0.15, -0.1) is 0 Å². The van der Waals surface area contributed by atoms with Crippen molar-refractivity contribution in [1.82, 2.24) is 0 Å². The minimum absolute atomic E-state index is 0.230. The molecule has 0 amide bonds. The lowest BCUT2D eigenvalue weighted by Crippen LogP contribution is -2.20. The summed E-state index contributed by atoms with van der Waals surface area (Å²) in [6, 6.07) is 21.2. The van der Waals surface area contributed by atoms with E-state index in [1.165, 1.54) is 0 Å². The van der Waals surface area contributed by atoms with Crippen LogP contribution in [0.25, 0.3) is 0 Å². The molecule has 0 aromatic heterocycles. The number of rotatable bonds is 5. The van der Waals surface area contributed by atoms with Gasteiger partial charge in [-0.3, -0.25) is 4.79 Å². The van der Waals surface area contributed by atoms with E-state index in [4.69, 9.17) is 16.3 Å². The number of benzene rings is 3. The van der Waals surface area contributed by atoms with Crippen LogP contribution in [0.15, 0.2) is 72.8 Å². The monoisotopic (exact) mass is 378 g/mol. The zero-order valence-electron chi connectivity index (χ0n) is 15.1. The molecule has 136 valence electrons. The van der Waals surface area contributed by atoms with E-state index >= 15 is 0 Å². The largest absolute Gasteiger partial charge is 0.445 e. The van der Waals surface area contributed by atoms with Crippen LogP contribution < -0.4 is 0 Å². The maximum atomic E-state index is 13.1. The summed E-state index contributed by atoms with van der Waals surface area (Å²) in [6.45, 7) is 3.90.